The van der Waals surface area contributed by atoms with E-state index in [-0.39, 0.29) is 95.1 Å². The Kier molecular flexibility index (Phi) is 14.2. The Balaban J connectivity index is 1.46. The molecule has 4 amide bonds. The Labute approximate surface area is 300 Å². The average molecular weight is 748 g/mol. The number of amides is 4. The van der Waals surface area contributed by atoms with Crippen molar-refractivity contribution in [2.24, 2.45) is 21.5 Å². The van der Waals surface area contributed by atoms with Gasteiger partial charge in [0.25, 0.3) is 11.8 Å². The van der Waals surface area contributed by atoms with Crippen LogP contribution in [-0.2, 0) is 9.59 Å². The van der Waals surface area contributed by atoms with Gasteiger partial charge in [-0.2, -0.15) is 0 Å². The number of nitrogens with two attached hydrogens (primary N) is 6. The minimum atomic E-state index is -1.08. The van der Waals surface area contributed by atoms with Gasteiger partial charge >= 0.3 is 0 Å². The van der Waals surface area contributed by atoms with E-state index in [1.165, 1.54) is 24.3 Å². The number of guanidine groups is 2. The molecular weight excluding hydrogens is 711 g/mol. The molecule has 0 fully saturated rings. The van der Waals surface area contributed by atoms with Crippen LogP contribution in [0.25, 0.3) is 0 Å². The van der Waals surface area contributed by atoms with E-state index in [1.54, 1.807) is 0 Å². The second kappa shape index (κ2) is 18.5. The SMILES string of the molecule is NC(=NCCCCNC(=O)[C@@H](NC(=O)CCCN=C(N)NC(=O)c1nc(Cl)c(N)nc1N)c1ccc(O)cc1)NC(=O)c1nc(Cl)c(N)nc1N. The van der Waals surface area contributed by atoms with Crippen LogP contribution in [0.1, 0.15) is 58.3 Å². The molecule has 0 aliphatic heterocycles. The molecule has 1 atom stereocenters. The van der Waals surface area contributed by atoms with Crippen molar-refractivity contribution in [3.63, 3.8) is 0 Å². The van der Waals surface area contributed by atoms with Gasteiger partial charge in [0.2, 0.25) is 11.8 Å². The molecule has 2 heterocycles. The van der Waals surface area contributed by atoms with Gasteiger partial charge in [-0.3, -0.25) is 39.8 Å². The van der Waals surface area contributed by atoms with Crippen molar-refractivity contribution in [3.8, 4) is 5.75 Å². The highest BCUT2D eigenvalue weighted by molar-refractivity contribution is 6.32. The number of phenolic OH excluding ortho intramolecular Hbond substituents is 1. The molecule has 272 valence electrons. The number of anilines is 4. The van der Waals surface area contributed by atoms with Crippen LogP contribution in [0.2, 0.25) is 10.3 Å². The van der Waals surface area contributed by atoms with Crippen LogP contribution in [0.4, 0.5) is 23.3 Å². The summed E-state index contributed by atoms with van der Waals surface area (Å²) in [5, 5.41) is 19.3. The molecule has 0 aliphatic rings. The van der Waals surface area contributed by atoms with E-state index < -0.39 is 29.7 Å². The molecule has 23 heteroatoms. The van der Waals surface area contributed by atoms with E-state index in [4.69, 9.17) is 57.6 Å². The number of benzene rings is 1. The molecule has 2 aromatic heterocycles. The van der Waals surface area contributed by atoms with Gasteiger partial charge in [0, 0.05) is 26.1 Å². The van der Waals surface area contributed by atoms with E-state index in [0.29, 0.717) is 18.4 Å². The van der Waals surface area contributed by atoms with Crippen LogP contribution < -0.4 is 55.7 Å². The topological polar surface area (TPSA) is 369 Å². The zero-order valence-corrected chi connectivity index (χ0v) is 28.3. The minimum Gasteiger partial charge on any atom is -0.508 e. The quantitative estimate of drug-likeness (QED) is 0.0531. The summed E-state index contributed by atoms with van der Waals surface area (Å²) in [4.78, 5) is 73.7. The Bertz CT molecular complexity index is 1820. The largest absolute Gasteiger partial charge is 0.508 e. The van der Waals surface area contributed by atoms with Crippen LogP contribution in [0.15, 0.2) is 34.3 Å². The summed E-state index contributed by atoms with van der Waals surface area (Å²) in [5.41, 5.74) is 33.7. The number of nitrogens with zero attached hydrogens (tertiary/aromatic N) is 6. The van der Waals surface area contributed by atoms with Gasteiger partial charge in [-0.1, -0.05) is 35.3 Å². The van der Waals surface area contributed by atoms with Crippen LogP contribution in [-0.4, -0.2) is 80.2 Å². The van der Waals surface area contributed by atoms with Crippen LogP contribution in [0.3, 0.4) is 0 Å². The van der Waals surface area contributed by atoms with Gasteiger partial charge in [-0.15, -0.1) is 0 Å². The molecule has 0 bridgehead atoms. The molecule has 17 N–H and O–H groups in total. The maximum absolute atomic E-state index is 13.1. The van der Waals surface area contributed by atoms with Gasteiger partial charge in [0.15, 0.2) is 56.9 Å². The smallest absolute Gasteiger partial charge is 0.280 e. The summed E-state index contributed by atoms with van der Waals surface area (Å²) in [5.74, 6) is -3.81. The summed E-state index contributed by atoms with van der Waals surface area (Å²) >= 11 is 11.6. The number of nitrogens with one attached hydrogen (secondary N) is 4. The minimum absolute atomic E-state index is 0.0225. The number of halogens is 2. The van der Waals surface area contributed by atoms with E-state index in [2.05, 4.69) is 51.2 Å². The maximum Gasteiger partial charge on any atom is 0.280 e. The first-order valence-electron chi connectivity index (χ1n) is 14.9. The number of unbranched alkanes of at least 4 members (excludes halogenated alkanes) is 1. The van der Waals surface area contributed by atoms with Crippen molar-refractivity contribution in [1.82, 2.24) is 41.2 Å². The Hall–Kier alpha value is -6.22. The molecular formula is C28H36Cl2N16O5. The maximum atomic E-state index is 13.1. The van der Waals surface area contributed by atoms with Gasteiger partial charge in [0.05, 0.1) is 0 Å². The fourth-order valence-electron chi connectivity index (χ4n) is 4.04. The third-order valence-electron chi connectivity index (χ3n) is 6.53. The third kappa shape index (κ3) is 12.0. The number of hydrogen-bond acceptors (Lipinski definition) is 15. The average Bonchev–Trinajstić information content (AvgIpc) is 3.07. The lowest BCUT2D eigenvalue weighted by molar-refractivity contribution is -0.129. The van der Waals surface area contributed by atoms with Crippen LogP contribution in [0.5, 0.6) is 5.75 Å². The first-order chi connectivity index (χ1) is 24.2. The van der Waals surface area contributed by atoms with Crippen molar-refractivity contribution in [2.75, 3.05) is 42.6 Å². The summed E-state index contributed by atoms with van der Waals surface area (Å²) in [6, 6.07) is 4.69. The summed E-state index contributed by atoms with van der Waals surface area (Å²) in [7, 11) is 0. The van der Waals surface area contributed by atoms with E-state index in [1.807, 2.05) is 0 Å². The van der Waals surface area contributed by atoms with Gasteiger partial charge in [-0.25, -0.2) is 19.9 Å². The third-order valence-corrected chi connectivity index (χ3v) is 7.08. The lowest BCUT2D eigenvalue weighted by Crippen LogP contribution is -2.40. The number of aromatic nitrogens is 4. The molecule has 0 radical (unpaired) electrons. The number of phenols is 1. The molecule has 3 rings (SSSR count). The van der Waals surface area contributed by atoms with Crippen LogP contribution in [0, 0.1) is 0 Å². The fraction of sp³-hybridized carbons (Fsp3) is 0.286. The molecule has 0 aliphatic carbocycles. The van der Waals surface area contributed by atoms with E-state index >= 15 is 0 Å². The first kappa shape index (κ1) is 39.2. The summed E-state index contributed by atoms with van der Waals surface area (Å²) in [6.07, 6.45) is 1.11. The van der Waals surface area contributed by atoms with Crippen molar-refractivity contribution in [2.45, 2.75) is 31.7 Å². The molecule has 21 nitrogen and oxygen atoms in total. The zero-order chi connectivity index (χ0) is 37.7. The van der Waals surface area contributed by atoms with Gasteiger partial charge in [0.1, 0.15) is 11.8 Å². The Morgan fingerprint density at radius 3 is 1.73 bits per heavy atom. The number of hydrogen-bond donors (Lipinski definition) is 11. The predicted octanol–water partition coefficient (Wildman–Crippen LogP) is -1.07. The van der Waals surface area contributed by atoms with E-state index in [9.17, 15) is 24.3 Å². The first-order valence-corrected chi connectivity index (χ1v) is 15.7. The normalized spacial score (nSPS) is 12.1. The van der Waals surface area contributed by atoms with Crippen molar-refractivity contribution in [1.29, 1.82) is 0 Å². The number of aliphatic imine (C=N–C) groups is 2. The predicted molar refractivity (Wildman–Crippen MR) is 190 cm³/mol. The highest BCUT2D eigenvalue weighted by atomic mass is 35.5. The number of nitrogen functional groups attached to an aromatic ring is 4. The molecule has 0 saturated heterocycles. The lowest BCUT2D eigenvalue weighted by atomic mass is 10.1. The van der Waals surface area contributed by atoms with E-state index in [0.717, 1.165) is 0 Å². The molecule has 0 saturated carbocycles. The van der Waals surface area contributed by atoms with Crippen molar-refractivity contribution < 1.29 is 24.3 Å². The van der Waals surface area contributed by atoms with Crippen LogP contribution >= 0.6 is 23.2 Å². The molecule has 0 unspecified atom stereocenters. The Morgan fingerprint density at radius 2 is 1.22 bits per heavy atom. The number of aromatic hydroxyl groups is 1. The second-order valence-corrected chi connectivity index (χ2v) is 11.1. The molecule has 0 spiro atoms. The molecule has 1 aromatic carbocycles. The monoisotopic (exact) mass is 746 g/mol. The highest BCUT2D eigenvalue weighted by Crippen LogP contribution is 2.19. The number of rotatable bonds is 14. The number of carbonyl (C=O) groups is 4. The summed E-state index contributed by atoms with van der Waals surface area (Å²) in [6.45, 7) is 0.479. The summed E-state index contributed by atoms with van der Waals surface area (Å²) < 4.78 is 0. The zero-order valence-electron chi connectivity index (χ0n) is 26.8. The number of carbonyl (C=O) groups excluding carboxylic acids is 4. The molecule has 51 heavy (non-hydrogen) atoms. The molecule has 3 aromatic rings. The Morgan fingerprint density at radius 1 is 0.725 bits per heavy atom. The van der Waals surface area contributed by atoms with Crippen molar-refractivity contribution in [3.05, 3.63) is 51.5 Å². The lowest BCUT2D eigenvalue weighted by Gasteiger charge is -2.19. The fourth-order valence-corrected chi connectivity index (χ4v) is 4.29. The van der Waals surface area contributed by atoms with Crippen molar-refractivity contribution >= 4 is 82.0 Å². The van der Waals surface area contributed by atoms with Gasteiger partial charge < -0.3 is 50.1 Å². The highest BCUT2D eigenvalue weighted by Gasteiger charge is 2.23. The second-order valence-electron chi connectivity index (χ2n) is 10.4. The standard InChI is InChI=1S/C28H36Cl2N16O5/c29-18-22(33)43-20(31)16(41-18)25(50)45-27(35)38-10-2-1-9-37-24(49)15(12-5-7-13(47)8-6-12)40-14(48)4-3-11-39-28(36)46-26(51)17-21(32)44-23(34)19(30)42-17/h5-8,15,47H,1-4,9-11H2,(H,37,49)(H,40,48)(H4,31,33,43)(H4,32,34,44)(H3,35,38,45,50)(H3,36,39,46,51)/t15-/m0/s1. The van der Waals surface area contributed by atoms with Gasteiger partial charge in [-0.05, 0) is 37.0 Å².